The molecule has 0 aromatic heterocycles. The van der Waals surface area contributed by atoms with Crippen LogP contribution in [0.1, 0.15) is 0 Å². The molecule has 250 valence electrons. The maximum Gasteiger partial charge on any atom is -0.00199 e. The van der Waals surface area contributed by atoms with Crippen molar-refractivity contribution in [1.82, 2.24) is 0 Å². The van der Waals surface area contributed by atoms with Crippen molar-refractivity contribution in [2.24, 2.45) is 0 Å². The molecule has 0 saturated carbocycles. The van der Waals surface area contributed by atoms with E-state index in [2.05, 4.69) is 206 Å². The second kappa shape index (κ2) is 12.3. The van der Waals surface area contributed by atoms with Crippen molar-refractivity contribution in [3.05, 3.63) is 206 Å². The largest absolute Gasteiger partial charge is 0.0622 e. The molecule has 11 rings (SSSR count). The molecule has 11 aromatic rings. The maximum atomic E-state index is 2.44. The summed E-state index contributed by atoms with van der Waals surface area (Å²) < 4.78 is 0. The van der Waals surface area contributed by atoms with Gasteiger partial charge < -0.3 is 0 Å². The van der Waals surface area contributed by atoms with Crippen LogP contribution in [0.15, 0.2) is 206 Å². The predicted molar refractivity (Wildman–Crippen MR) is 233 cm³/mol. The Kier molecular flexibility index (Phi) is 6.97. The highest BCUT2D eigenvalue weighted by molar-refractivity contribution is 6.26. The molecule has 0 amide bonds. The molecule has 0 heterocycles. The van der Waals surface area contributed by atoms with Crippen LogP contribution < -0.4 is 0 Å². The van der Waals surface area contributed by atoms with E-state index < -0.39 is 0 Å². The summed E-state index contributed by atoms with van der Waals surface area (Å²) in [6.45, 7) is 0. The van der Waals surface area contributed by atoms with Crippen LogP contribution in [-0.2, 0) is 0 Å². The average Bonchev–Trinajstić information content (AvgIpc) is 3.25. The Bertz CT molecular complexity index is 3170. The quantitative estimate of drug-likeness (QED) is 0.128. The Balaban J connectivity index is 1.25. The molecule has 0 aliphatic rings. The van der Waals surface area contributed by atoms with Gasteiger partial charge in [-0.3, -0.25) is 0 Å². The summed E-state index contributed by atoms with van der Waals surface area (Å²) in [4.78, 5) is 0. The molecule has 0 atom stereocenters. The molecular weight excluding hydrogens is 649 g/mol. The molecule has 0 spiro atoms. The smallest absolute Gasteiger partial charge is 0.00199 e. The number of hydrogen-bond acceptors (Lipinski definition) is 0. The predicted octanol–water partition coefficient (Wildman–Crippen LogP) is 15.3. The first kappa shape index (κ1) is 30.6. The van der Waals surface area contributed by atoms with Crippen molar-refractivity contribution in [2.75, 3.05) is 0 Å². The van der Waals surface area contributed by atoms with Gasteiger partial charge in [0.25, 0.3) is 0 Å². The van der Waals surface area contributed by atoms with E-state index in [1.54, 1.807) is 0 Å². The van der Waals surface area contributed by atoms with Gasteiger partial charge in [0.15, 0.2) is 0 Å². The van der Waals surface area contributed by atoms with Crippen LogP contribution >= 0.6 is 0 Å². The van der Waals surface area contributed by atoms with Crippen molar-refractivity contribution in [2.45, 2.75) is 0 Å². The standard InChI is InChI=1S/C54H34/c1-2-15-36(16-3-1)53-47-22-10-12-24-49(47)54(50-25-13-11-23-48(50)53)52-33-39(38-27-26-35-14-4-5-17-37(35)32-38)28-30-41(52)40-29-31-46-44-20-7-6-18-42(44)43-19-8-9-21-45(43)51(46)34-40/h1-34H. The van der Waals surface area contributed by atoms with Crippen molar-refractivity contribution in [1.29, 1.82) is 0 Å². The minimum absolute atomic E-state index is 1.21. The van der Waals surface area contributed by atoms with E-state index >= 15 is 0 Å². The second-order valence-electron chi connectivity index (χ2n) is 14.4. The number of benzene rings is 11. The molecule has 54 heavy (non-hydrogen) atoms. The van der Waals surface area contributed by atoms with Gasteiger partial charge in [0.05, 0.1) is 0 Å². The lowest BCUT2D eigenvalue weighted by molar-refractivity contribution is 1.60. The van der Waals surface area contributed by atoms with E-state index in [4.69, 9.17) is 0 Å². The fourth-order valence-corrected chi connectivity index (χ4v) is 8.96. The van der Waals surface area contributed by atoms with Gasteiger partial charge >= 0.3 is 0 Å². The molecule has 0 heteroatoms. The first-order valence-corrected chi connectivity index (χ1v) is 18.8. The van der Waals surface area contributed by atoms with E-state index in [0.29, 0.717) is 0 Å². The van der Waals surface area contributed by atoms with Crippen molar-refractivity contribution in [3.8, 4) is 44.5 Å². The molecule has 0 unspecified atom stereocenters. The number of rotatable bonds is 4. The van der Waals surface area contributed by atoms with E-state index in [1.165, 1.54) is 109 Å². The zero-order chi connectivity index (χ0) is 35.6. The Labute approximate surface area is 314 Å². The summed E-state index contributed by atoms with van der Waals surface area (Å²) in [5, 5.41) is 15.2. The summed E-state index contributed by atoms with van der Waals surface area (Å²) >= 11 is 0. The van der Waals surface area contributed by atoms with Crippen LogP contribution in [0.3, 0.4) is 0 Å². The fraction of sp³-hybridized carbons (Fsp3) is 0. The second-order valence-corrected chi connectivity index (χ2v) is 14.4. The molecule has 0 nitrogen and oxygen atoms in total. The summed E-state index contributed by atoms with van der Waals surface area (Å²) in [5.41, 5.74) is 9.87. The van der Waals surface area contributed by atoms with E-state index in [-0.39, 0.29) is 0 Å². The molecule has 0 fully saturated rings. The zero-order valence-electron chi connectivity index (χ0n) is 29.6. The third-order valence-corrected chi connectivity index (χ3v) is 11.4. The van der Waals surface area contributed by atoms with Crippen LogP contribution in [0, 0.1) is 0 Å². The highest BCUT2D eigenvalue weighted by atomic mass is 14.2. The molecule has 0 bridgehead atoms. The average molecular weight is 683 g/mol. The summed E-state index contributed by atoms with van der Waals surface area (Å²) in [5.74, 6) is 0. The number of hydrogen-bond donors (Lipinski definition) is 0. The normalized spacial score (nSPS) is 11.7. The number of fused-ring (bicyclic) bond motifs is 9. The molecule has 0 aliphatic heterocycles. The zero-order valence-corrected chi connectivity index (χ0v) is 29.6. The van der Waals surface area contributed by atoms with Crippen LogP contribution in [0.4, 0.5) is 0 Å². The van der Waals surface area contributed by atoms with Crippen molar-refractivity contribution in [3.63, 3.8) is 0 Å². The third-order valence-electron chi connectivity index (χ3n) is 11.4. The molecule has 0 aliphatic carbocycles. The van der Waals surface area contributed by atoms with Gasteiger partial charge in [0.1, 0.15) is 0 Å². The van der Waals surface area contributed by atoms with Gasteiger partial charge in [0.2, 0.25) is 0 Å². The van der Waals surface area contributed by atoms with E-state index in [1.807, 2.05) is 0 Å². The Morgan fingerprint density at radius 2 is 0.630 bits per heavy atom. The topological polar surface area (TPSA) is 0 Å². The van der Waals surface area contributed by atoms with E-state index in [0.717, 1.165) is 0 Å². The molecule has 0 radical (unpaired) electrons. The first-order chi connectivity index (χ1) is 26.8. The molecule has 11 aromatic carbocycles. The minimum atomic E-state index is 1.21. The monoisotopic (exact) mass is 682 g/mol. The lowest BCUT2D eigenvalue weighted by Gasteiger charge is -2.21. The lowest BCUT2D eigenvalue weighted by atomic mass is 9.82. The maximum absolute atomic E-state index is 2.44. The molecule has 0 N–H and O–H groups in total. The van der Waals surface area contributed by atoms with Crippen LogP contribution in [0.25, 0.3) is 109 Å². The lowest BCUT2D eigenvalue weighted by Crippen LogP contribution is -1.94. The van der Waals surface area contributed by atoms with Gasteiger partial charge in [-0.2, -0.15) is 0 Å². The van der Waals surface area contributed by atoms with Gasteiger partial charge in [-0.25, -0.2) is 0 Å². The van der Waals surface area contributed by atoms with Gasteiger partial charge in [-0.1, -0.05) is 188 Å². The first-order valence-electron chi connectivity index (χ1n) is 18.8. The van der Waals surface area contributed by atoms with Crippen molar-refractivity contribution >= 4 is 64.6 Å². The minimum Gasteiger partial charge on any atom is -0.0622 e. The van der Waals surface area contributed by atoms with Gasteiger partial charge in [-0.05, 0) is 127 Å². The van der Waals surface area contributed by atoms with Crippen LogP contribution in [0.5, 0.6) is 0 Å². The Hall–Kier alpha value is -7.02. The highest BCUT2D eigenvalue weighted by Crippen LogP contribution is 2.48. The summed E-state index contributed by atoms with van der Waals surface area (Å²) in [6, 6.07) is 76.2. The SMILES string of the molecule is c1ccc(-c2c3ccccc3c(-c3cc(-c4ccc5ccccc5c4)ccc3-c3ccc4c5ccccc5c5ccccc5c4c3)c3ccccc23)cc1. The summed E-state index contributed by atoms with van der Waals surface area (Å²) in [6.07, 6.45) is 0. The van der Waals surface area contributed by atoms with Gasteiger partial charge in [0, 0.05) is 0 Å². The third kappa shape index (κ3) is 4.78. The Morgan fingerprint density at radius 3 is 1.26 bits per heavy atom. The molecular formula is C54H34. The Morgan fingerprint density at radius 1 is 0.185 bits per heavy atom. The van der Waals surface area contributed by atoms with Crippen LogP contribution in [0.2, 0.25) is 0 Å². The van der Waals surface area contributed by atoms with Crippen LogP contribution in [-0.4, -0.2) is 0 Å². The summed E-state index contributed by atoms with van der Waals surface area (Å²) in [7, 11) is 0. The molecule has 0 saturated heterocycles. The van der Waals surface area contributed by atoms with Crippen molar-refractivity contribution < 1.29 is 0 Å². The van der Waals surface area contributed by atoms with Gasteiger partial charge in [-0.15, -0.1) is 0 Å². The highest BCUT2D eigenvalue weighted by Gasteiger charge is 2.20. The van der Waals surface area contributed by atoms with E-state index in [9.17, 15) is 0 Å². The fourth-order valence-electron chi connectivity index (χ4n) is 8.96.